The predicted octanol–water partition coefficient (Wildman–Crippen LogP) is 1.34. The molecule has 2 N–H and O–H groups in total. The largest absolute Gasteiger partial charge is 0.497 e. The van der Waals surface area contributed by atoms with Crippen LogP contribution in [0.5, 0.6) is 5.75 Å². The fourth-order valence-electron chi connectivity index (χ4n) is 1.83. The maximum absolute atomic E-state index is 5.52. The van der Waals surface area contributed by atoms with Gasteiger partial charge in [-0.1, -0.05) is 12.1 Å². The standard InChI is InChI=1S/C12H16N2O2/c1-12(8-16-11(13)14-12)7-9-3-5-10(15-2)6-4-9/h3-6H,7-8H2,1-2H3,(H2,13,14). The number of ether oxygens (including phenoxy) is 2. The van der Waals surface area contributed by atoms with Crippen LogP contribution in [0.15, 0.2) is 29.3 Å². The van der Waals surface area contributed by atoms with Crippen molar-refractivity contribution in [2.45, 2.75) is 18.9 Å². The van der Waals surface area contributed by atoms with Gasteiger partial charge in [0.05, 0.1) is 7.11 Å². The molecule has 4 heteroatoms. The van der Waals surface area contributed by atoms with Gasteiger partial charge in [-0.3, -0.25) is 0 Å². The van der Waals surface area contributed by atoms with Crippen LogP contribution >= 0.6 is 0 Å². The molecule has 1 aliphatic rings. The molecule has 0 fully saturated rings. The Morgan fingerprint density at radius 3 is 2.62 bits per heavy atom. The summed E-state index contributed by atoms with van der Waals surface area (Å²) in [5.74, 6) is 0.861. The lowest BCUT2D eigenvalue weighted by Gasteiger charge is -2.17. The van der Waals surface area contributed by atoms with Gasteiger partial charge in [0, 0.05) is 6.42 Å². The van der Waals surface area contributed by atoms with Crippen LogP contribution in [0.25, 0.3) is 0 Å². The number of rotatable bonds is 3. The van der Waals surface area contributed by atoms with E-state index in [1.165, 1.54) is 5.56 Å². The molecule has 0 spiro atoms. The summed E-state index contributed by atoms with van der Waals surface area (Å²) in [5, 5.41) is 0. The zero-order valence-corrected chi connectivity index (χ0v) is 9.56. The lowest BCUT2D eigenvalue weighted by Crippen LogP contribution is -2.26. The minimum absolute atomic E-state index is 0.237. The van der Waals surface area contributed by atoms with E-state index in [0.717, 1.165) is 12.2 Å². The summed E-state index contributed by atoms with van der Waals surface area (Å²) in [4.78, 5) is 4.30. The van der Waals surface area contributed by atoms with Crippen LogP contribution in [0.4, 0.5) is 0 Å². The second kappa shape index (κ2) is 4.04. The van der Waals surface area contributed by atoms with Gasteiger partial charge in [-0.05, 0) is 24.6 Å². The monoisotopic (exact) mass is 220 g/mol. The number of benzene rings is 1. The van der Waals surface area contributed by atoms with Crippen LogP contribution in [0.3, 0.4) is 0 Å². The number of amidine groups is 1. The van der Waals surface area contributed by atoms with Gasteiger partial charge in [0.25, 0.3) is 6.02 Å². The van der Waals surface area contributed by atoms with Crippen LogP contribution in [0, 0.1) is 0 Å². The molecule has 16 heavy (non-hydrogen) atoms. The molecule has 0 amide bonds. The second-order valence-corrected chi connectivity index (χ2v) is 4.26. The van der Waals surface area contributed by atoms with Crippen molar-refractivity contribution in [3.63, 3.8) is 0 Å². The van der Waals surface area contributed by atoms with Crippen LogP contribution in [0.2, 0.25) is 0 Å². The van der Waals surface area contributed by atoms with Gasteiger partial charge in [-0.25, -0.2) is 4.99 Å². The highest BCUT2D eigenvalue weighted by atomic mass is 16.5. The van der Waals surface area contributed by atoms with Gasteiger partial charge in [0.15, 0.2) is 0 Å². The summed E-state index contributed by atoms with van der Waals surface area (Å²) in [6, 6.07) is 8.25. The number of nitrogens with zero attached hydrogens (tertiary/aromatic N) is 1. The van der Waals surface area contributed by atoms with Crippen molar-refractivity contribution >= 4 is 6.02 Å². The minimum atomic E-state index is -0.237. The first kappa shape index (κ1) is 10.8. The van der Waals surface area contributed by atoms with Crippen molar-refractivity contribution in [2.24, 2.45) is 10.7 Å². The molecule has 2 rings (SSSR count). The van der Waals surface area contributed by atoms with Gasteiger partial charge >= 0.3 is 0 Å². The summed E-state index contributed by atoms with van der Waals surface area (Å²) in [7, 11) is 1.66. The zero-order valence-electron chi connectivity index (χ0n) is 9.56. The molecule has 0 aromatic heterocycles. The lowest BCUT2D eigenvalue weighted by atomic mass is 9.95. The van der Waals surface area contributed by atoms with E-state index in [1.54, 1.807) is 7.11 Å². The molecule has 1 heterocycles. The number of methoxy groups -OCH3 is 1. The van der Waals surface area contributed by atoms with E-state index in [4.69, 9.17) is 15.2 Å². The van der Waals surface area contributed by atoms with E-state index in [0.29, 0.717) is 6.61 Å². The Morgan fingerprint density at radius 1 is 1.44 bits per heavy atom. The maximum atomic E-state index is 5.52. The highest BCUT2D eigenvalue weighted by Gasteiger charge is 2.30. The Bertz CT molecular complexity index is 400. The maximum Gasteiger partial charge on any atom is 0.282 e. The Labute approximate surface area is 95.1 Å². The number of hydrogen-bond donors (Lipinski definition) is 1. The Balaban J connectivity index is 2.09. The summed E-state index contributed by atoms with van der Waals surface area (Å²) >= 11 is 0. The lowest BCUT2D eigenvalue weighted by molar-refractivity contribution is 0.263. The molecule has 0 saturated carbocycles. The van der Waals surface area contributed by atoms with Gasteiger partial charge in [0.1, 0.15) is 17.9 Å². The van der Waals surface area contributed by atoms with Crippen LogP contribution in [0.1, 0.15) is 12.5 Å². The van der Waals surface area contributed by atoms with E-state index in [2.05, 4.69) is 4.99 Å². The van der Waals surface area contributed by atoms with Gasteiger partial charge in [-0.2, -0.15) is 0 Å². The summed E-state index contributed by atoms with van der Waals surface area (Å²) in [5.41, 5.74) is 6.48. The molecule has 0 saturated heterocycles. The third-order valence-corrected chi connectivity index (χ3v) is 2.66. The van der Waals surface area contributed by atoms with E-state index >= 15 is 0 Å². The Hall–Kier alpha value is -1.71. The average Bonchev–Trinajstić information content (AvgIpc) is 2.59. The highest BCUT2D eigenvalue weighted by molar-refractivity contribution is 5.73. The molecule has 1 atom stereocenters. The van der Waals surface area contributed by atoms with Crippen LogP contribution in [-0.4, -0.2) is 25.3 Å². The van der Waals surface area contributed by atoms with Crippen molar-refractivity contribution in [1.29, 1.82) is 0 Å². The fraction of sp³-hybridized carbons (Fsp3) is 0.417. The van der Waals surface area contributed by atoms with Crippen molar-refractivity contribution < 1.29 is 9.47 Å². The van der Waals surface area contributed by atoms with Gasteiger partial charge in [-0.15, -0.1) is 0 Å². The van der Waals surface area contributed by atoms with E-state index in [9.17, 15) is 0 Å². The van der Waals surface area contributed by atoms with E-state index in [-0.39, 0.29) is 11.6 Å². The molecule has 1 aliphatic heterocycles. The Kier molecular flexibility index (Phi) is 2.73. The van der Waals surface area contributed by atoms with Crippen molar-refractivity contribution in [1.82, 2.24) is 0 Å². The van der Waals surface area contributed by atoms with Gasteiger partial charge in [0.2, 0.25) is 0 Å². The number of aliphatic imine (C=N–C) groups is 1. The molecule has 1 aromatic rings. The first-order chi connectivity index (χ1) is 7.61. The third kappa shape index (κ3) is 2.27. The first-order valence-electron chi connectivity index (χ1n) is 5.22. The number of nitrogens with two attached hydrogens (primary N) is 1. The van der Waals surface area contributed by atoms with E-state index < -0.39 is 0 Å². The number of hydrogen-bond acceptors (Lipinski definition) is 4. The zero-order chi connectivity index (χ0) is 11.6. The molecule has 0 aliphatic carbocycles. The molecular formula is C12H16N2O2. The Morgan fingerprint density at radius 2 is 2.12 bits per heavy atom. The van der Waals surface area contributed by atoms with Crippen molar-refractivity contribution in [3.8, 4) is 5.75 Å². The normalized spacial score (nSPS) is 23.8. The molecule has 86 valence electrons. The molecular weight excluding hydrogens is 204 g/mol. The third-order valence-electron chi connectivity index (χ3n) is 2.66. The van der Waals surface area contributed by atoms with Gasteiger partial charge < -0.3 is 15.2 Å². The molecule has 4 nitrogen and oxygen atoms in total. The molecule has 1 aromatic carbocycles. The van der Waals surface area contributed by atoms with Crippen LogP contribution in [-0.2, 0) is 11.2 Å². The predicted molar refractivity (Wildman–Crippen MR) is 62.7 cm³/mol. The van der Waals surface area contributed by atoms with Crippen molar-refractivity contribution in [3.05, 3.63) is 29.8 Å². The summed E-state index contributed by atoms with van der Waals surface area (Å²) < 4.78 is 10.3. The SMILES string of the molecule is COc1ccc(CC2(C)COC(N)=N2)cc1. The molecule has 1 unspecified atom stereocenters. The highest BCUT2D eigenvalue weighted by Crippen LogP contribution is 2.23. The van der Waals surface area contributed by atoms with E-state index in [1.807, 2.05) is 31.2 Å². The van der Waals surface area contributed by atoms with Crippen molar-refractivity contribution in [2.75, 3.05) is 13.7 Å². The topological polar surface area (TPSA) is 56.8 Å². The summed E-state index contributed by atoms with van der Waals surface area (Å²) in [6.45, 7) is 2.59. The fourth-order valence-corrected chi connectivity index (χ4v) is 1.83. The second-order valence-electron chi connectivity index (χ2n) is 4.26. The minimum Gasteiger partial charge on any atom is -0.497 e. The summed E-state index contributed by atoms with van der Waals surface area (Å²) in [6.07, 6.45) is 0.817. The molecule has 0 radical (unpaired) electrons. The average molecular weight is 220 g/mol. The quantitative estimate of drug-likeness (QED) is 0.836. The molecule has 0 bridgehead atoms. The van der Waals surface area contributed by atoms with Crippen LogP contribution < -0.4 is 10.5 Å². The first-order valence-corrected chi connectivity index (χ1v) is 5.22. The smallest absolute Gasteiger partial charge is 0.282 e.